The van der Waals surface area contributed by atoms with Gasteiger partial charge in [0.05, 0.1) is 0 Å². The SMILES string of the molecule is [Mn+2].[O-2].[O-2].[O-2].[O-2].[O-2].[O-2].[Ta+5].[V+5]. The quantitative estimate of drug-likeness (QED) is 0.481. The summed E-state index contributed by atoms with van der Waals surface area (Å²) in [7, 11) is 0. The predicted molar refractivity (Wildman–Crippen MR) is 4.12 cm³/mol. The van der Waals surface area contributed by atoms with E-state index in [2.05, 4.69) is 0 Å². The van der Waals surface area contributed by atoms with Gasteiger partial charge in [-0.1, -0.05) is 0 Å². The molecule has 0 fully saturated rings. The summed E-state index contributed by atoms with van der Waals surface area (Å²) >= 11 is 0. The summed E-state index contributed by atoms with van der Waals surface area (Å²) in [6.07, 6.45) is 0. The summed E-state index contributed by atoms with van der Waals surface area (Å²) in [4.78, 5) is 0. The number of hydrogen-bond acceptors (Lipinski definition) is 0. The number of hydrogen-bond donors (Lipinski definition) is 0. The van der Waals surface area contributed by atoms with E-state index >= 15 is 0 Å². The van der Waals surface area contributed by atoms with Gasteiger partial charge in [-0.05, 0) is 0 Å². The minimum atomic E-state index is 0. The minimum absolute atomic E-state index is 0. The molecule has 0 aliphatic carbocycles. The van der Waals surface area contributed by atoms with Gasteiger partial charge in [-0.2, -0.15) is 0 Å². The molecule has 0 amide bonds. The van der Waals surface area contributed by atoms with Gasteiger partial charge in [0.15, 0.2) is 0 Å². The van der Waals surface area contributed by atoms with Crippen LogP contribution in [0, 0.1) is 0 Å². The molecule has 0 saturated heterocycles. The van der Waals surface area contributed by atoms with E-state index in [1.807, 2.05) is 0 Å². The molecule has 0 aromatic rings. The summed E-state index contributed by atoms with van der Waals surface area (Å²) < 4.78 is 0. The van der Waals surface area contributed by atoms with Gasteiger partial charge in [0.2, 0.25) is 0 Å². The van der Waals surface area contributed by atoms with E-state index in [0.717, 1.165) is 0 Å². The molecule has 0 aliphatic heterocycles. The Morgan fingerprint density at radius 2 is 0.444 bits per heavy atom. The van der Waals surface area contributed by atoms with Crippen LogP contribution in [0.2, 0.25) is 0 Å². The molecular weight excluding hydrogens is 383 g/mol. The minimum Gasteiger partial charge on any atom is -2.00 e. The molecule has 0 heterocycles. The molecule has 53 valence electrons. The van der Waals surface area contributed by atoms with Crippen LogP contribution in [0.3, 0.4) is 0 Å². The third kappa shape index (κ3) is 216. The van der Waals surface area contributed by atoms with Crippen molar-refractivity contribution in [3.63, 3.8) is 0 Å². The largest absolute Gasteiger partial charge is 5.00 e. The molecule has 0 aliphatic rings. The van der Waals surface area contributed by atoms with Crippen LogP contribution >= 0.6 is 0 Å². The van der Waals surface area contributed by atoms with Crippen LogP contribution in [-0.2, 0) is 90.9 Å². The van der Waals surface area contributed by atoms with Crippen LogP contribution < -0.4 is 0 Å². The molecule has 0 spiro atoms. The fourth-order valence-corrected chi connectivity index (χ4v) is 0. The fraction of sp³-hybridized carbons (Fsp3) is 0. The van der Waals surface area contributed by atoms with E-state index in [4.69, 9.17) is 0 Å². The Balaban J connectivity index is 0. The van der Waals surface area contributed by atoms with Crippen molar-refractivity contribution in [1.29, 1.82) is 0 Å². The molecule has 0 rings (SSSR count). The Morgan fingerprint density at radius 3 is 0.444 bits per heavy atom. The first-order valence-corrected chi connectivity index (χ1v) is 0. The molecule has 0 bridgehead atoms. The molecule has 9 heteroatoms. The van der Waals surface area contributed by atoms with Crippen molar-refractivity contribution in [3.8, 4) is 0 Å². The molecule has 6 nitrogen and oxygen atoms in total. The van der Waals surface area contributed by atoms with Gasteiger partial charge in [-0.25, -0.2) is 0 Å². The second-order valence-electron chi connectivity index (χ2n) is 0. The van der Waals surface area contributed by atoms with Crippen molar-refractivity contribution < 1.29 is 90.9 Å². The monoisotopic (exact) mass is 383 g/mol. The van der Waals surface area contributed by atoms with Crippen LogP contribution in [0.15, 0.2) is 0 Å². The van der Waals surface area contributed by atoms with E-state index in [9.17, 15) is 0 Å². The molecule has 0 aromatic heterocycles. The van der Waals surface area contributed by atoms with Crippen LogP contribution in [-0.4, -0.2) is 0 Å². The van der Waals surface area contributed by atoms with E-state index in [1.165, 1.54) is 0 Å². The van der Waals surface area contributed by atoms with Crippen molar-refractivity contribution in [3.05, 3.63) is 0 Å². The summed E-state index contributed by atoms with van der Waals surface area (Å²) in [5, 5.41) is 0. The Labute approximate surface area is 90.5 Å². The van der Waals surface area contributed by atoms with Crippen LogP contribution in [0.4, 0.5) is 0 Å². The summed E-state index contributed by atoms with van der Waals surface area (Å²) in [6, 6.07) is 0. The van der Waals surface area contributed by atoms with Crippen LogP contribution in [0.25, 0.3) is 0 Å². The molecule has 0 unspecified atom stereocenters. The summed E-state index contributed by atoms with van der Waals surface area (Å²) in [5.41, 5.74) is 0. The van der Waals surface area contributed by atoms with Crippen LogP contribution in [0.1, 0.15) is 0 Å². The van der Waals surface area contributed by atoms with Crippen molar-refractivity contribution in [2.45, 2.75) is 0 Å². The molecular formula is MnO6TaV. The zero-order valence-corrected chi connectivity index (χ0v) is 9.51. The van der Waals surface area contributed by atoms with E-state index in [1.54, 1.807) is 0 Å². The predicted octanol–water partition coefficient (Wildman–Crippen LogP) is -0.720. The maximum absolute atomic E-state index is 0. The van der Waals surface area contributed by atoms with Crippen molar-refractivity contribution in [2.24, 2.45) is 0 Å². The Bertz CT molecular complexity index is 13.0. The van der Waals surface area contributed by atoms with Crippen LogP contribution in [0.5, 0.6) is 0 Å². The van der Waals surface area contributed by atoms with Gasteiger partial charge in [-0.15, -0.1) is 0 Å². The van der Waals surface area contributed by atoms with Gasteiger partial charge in [0.25, 0.3) is 0 Å². The van der Waals surface area contributed by atoms with E-state index in [0.29, 0.717) is 0 Å². The average molecular weight is 383 g/mol. The van der Waals surface area contributed by atoms with Gasteiger partial charge >= 0.3 is 58.0 Å². The van der Waals surface area contributed by atoms with Gasteiger partial charge in [0.1, 0.15) is 0 Å². The first-order chi connectivity index (χ1) is 0. The topological polar surface area (TPSA) is 171 Å². The molecule has 0 N–H and O–H groups in total. The van der Waals surface area contributed by atoms with E-state index < -0.39 is 0 Å². The molecule has 9 heavy (non-hydrogen) atoms. The molecule has 0 aromatic carbocycles. The standard InChI is InChI=1S/Mn.6O.Ta.V/q+2;6*-2;2*+5. The zero-order chi connectivity index (χ0) is 0. The van der Waals surface area contributed by atoms with Gasteiger partial charge in [-0.3, -0.25) is 0 Å². The zero-order valence-electron chi connectivity index (χ0n) is 3.72. The Morgan fingerprint density at radius 1 is 0.444 bits per heavy atom. The van der Waals surface area contributed by atoms with Gasteiger partial charge < -0.3 is 32.9 Å². The summed E-state index contributed by atoms with van der Waals surface area (Å²) in [5.74, 6) is 0. The fourth-order valence-electron chi connectivity index (χ4n) is 0. The van der Waals surface area contributed by atoms with Crippen molar-refractivity contribution >= 4 is 0 Å². The second-order valence-corrected chi connectivity index (χ2v) is 0. The second kappa shape index (κ2) is 276. The maximum atomic E-state index is 0. The third-order valence-electron chi connectivity index (χ3n) is 0. The summed E-state index contributed by atoms with van der Waals surface area (Å²) in [6.45, 7) is 0. The first-order valence-electron chi connectivity index (χ1n) is 0. The molecule has 0 saturated carbocycles. The molecule has 1 radical (unpaired) electrons. The van der Waals surface area contributed by atoms with E-state index in [-0.39, 0.29) is 90.9 Å². The molecule has 0 atom stereocenters. The Kier molecular flexibility index (Phi) is 11700. The van der Waals surface area contributed by atoms with Crippen molar-refractivity contribution in [2.75, 3.05) is 0 Å². The normalized spacial score (nSPS) is 0. The average Bonchev–Trinajstić information content (AvgIpc) is 0. The Hall–Kier alpha value is 1.60. The smallest absolute Gasteiger partial charge is 2.00 e. The van der Waals surface area contributed by atoms with Gasteiger partial charge in [0, 0.05) is 0 Å². The third-order valence-corrected chi connectivity index (χ3v) is 0. The maximum Gasteiger partial charge on any atom is 5.00 e. The number of rotatable bonds is 0. The first kappa shape index (κ1) is 380. The van der Waals surface area contributed by atoms with Crippen molar-refractivity contribution in [1.82, 2.24) is 0 Å².